The third-order valence-electron chi connectivity index (χ3n) is 5.38. The van der Waals surface area contributed by atoms with Crippen LogP contribution in [0.25, 0.3) is 0 Å². The van der Waals surface area contributed by atoms with Gasteiger partial charge in [-0.1, -0.05) is 30.3 Å². The average molecular weight is 337 g/mol. The van der Waals surface area contributed by atoms with E-state index in [1.165, 1.54) is 0 Å². The Kier molecular flexibility index (Phi) is 4.32. The van der Waals surface area contributed by atoms with E-state index in [9.17, 15) is 23.5 Å². The minimum atomic E-state index is -2.67. The van der Waals surface area contributed by atoms with Crippen LogP contribution in [0.5, 0.6) is 0 Å². The van der Waals surface area contributed by atoms with E-state index < -0.39 is 23.2 Å². The standard InChI is InChI=1S/C18H21F2NO3/c19-18(20)8-6-13(7-9-18)15(22)21-11-10-17(12-21,16(23)24)14-4-2-1-3-5-14/h1-5,13H,6-12H2,(H,23,24). The first-order chi connectivity index (χ1) is 11.3. The summed E-state index contributed by atoms with van der Waals surface area (Å²) in [6, 6.07) is 8.92. The number of amides is 1. The highest BCUT2D eigenvalue weighted by Crippen LogP contribution is 2.40. The van der Waals surface area contributed by atoms with E-state index in [1.54, 1.807) is 29.2 Å². The van der Waals surface area contributed by atoms with Gasteiger partial charge >= 0.3 is 5.97 Å². The van der Waals surface area contributed by atoms with Crippen LogP contribution in [0, 0.1) is 5.92 Å². The Labute approximate surface area is 139 Å². The lowest BCUT2D eigenvalue weighted by Crippen LogP contribution is -2.43. The van der Waals surface area contributed by atoms with Crippen molar-refractivity contribution in [2.75, 3.05) is 13.1 Å². The number of carbonyl (C=O) groups excluding carboxylic acids is 1. The fraction of sp³-hybridized carbons (Fsp3) is 0.556. The Hall–Kier alpha value is -1.98. The van der Waals surface area contributed by atoms with Crippen LogP contribution < -0.4 is 0 Å². The van der Waals surface area contributed by atoms with Gasteiger partial charge in [0.2, 0.25) is 11.8 Å². The molecule has 1 saturated carbocycles. The Balaban J connectivity index is 1.74. The second-order valence-electron chi connectivity index (χ2n) is 6.89. The summed E-state index contributed by atoms with van der Waals surface area (Å²) in [6.45, 7) is 0.463. The van der Waals surface area contributed by atoms with Gasteiger partial charge in [0.15, 0.2) is 0 Å². The molecule has 2 aliphatic rings. The summed E-state index contributed by atoms with van der Waals surface area (Å²) in [7, 11) is 0. The average Bonchev–Trinajstić information content (AvgIpc) is 3.02. The normalized spacial score (nSPS) is 27.2. The molecular formula is C18H21F2NO3. The zero-order chi connectivity index (χ0) is 17.4. The molecule has 1 aliphatic heterocycles. The quantitative estimate of drug-likeness (QED) is 0.922. The molecule has 1 amide bonds. The van der Waals surface area contributed by atoms with Gasteiger partial charge in [-0.25, -0.2) is 8.78 Å². The number of hydrogen-bond donors (Lipinski definition) is 1. The SMILES string of the molecule is O=C(C1CCC(F)(F)CC1)N1CCC(C(=O)O)(c2ccccc2)C1. The highest BCUT2D eigenvalue weighted by Gasteiger charge is 2.49. The predicted molar refractivity (Wildman–Crippen MR) is 83.9 cm³/mol. The van der Waals surface area contributed by atoms with Gasteiger partial charge in [-0.3, -0.25) is 9.59 Å². The van der Waals surface area contributed by atoms with E-state index in [-0.39, 0.29) is 38.1 Å². The first kappa shape index (κ1) is 16.9. The second-order valence-corrected chi connectivity index (χ2v) is 6.89. The van der Waals surface area contributed by atoms with Crippen molar-refractivity contribution in [3.8, 4) is 0 Å². The monoisotopic (exact) mass is 337 g/mol. The molecule has 0 aromatic heterocycles. The summed E-state index contributed by atoms with van der Waals surface area (Å²) in [5.74, 6) is -4.20. The number of nitrogens with zero attached hydrogens (tertiary/aromatic N) is 1. The lowest BCUT2D eigenvalue weighted by Gasteiger charge is -2.31. The summed E-state index contributed by atoms with van der Waals surface area (Å²) in [4.78, 5) is 26.1. The molecule has 24 heavy (non-hydrogen) atoms. The summed E-state index contributed by atoms with van der Waals surface area (Å²) < 4.78 is 26.5. The lowest BCUT2D eigenvalue weighted by atomic mass is 9.79. The number of aliphatic carboxylic acids is 1. The maximum atomic E-state index is 13.3. The number of carbonyl (C=O) groups is 2. The van der Waals surface area contributed by atoms with Crippen molar-refractivity contribution in [1.82, 2.24) is 4.90 Å². The number of carboxylic acid groups (broad SMARTS) is 1. The van der Waals surface area contributed by atoms with E-state index in [0.717, 1.165) is 0 Å². The zero-order valence-electron chi connectivity index (χ0n) is 13.4. The molecule has 1 unspecified atom stereocenters. The molecule has 130 valence electrons. The number of carboxylic acids is 1. The molecule has 4 nitrogen and oxygen atoms in total. The highest BCUT2D eigenvalue weighted by atomic mass is 19.3. The molecule has 1 aliphatic carbocycles. The van der Waals surface area contributed by atoms with Gasteiger partial charge in [-0.15, -0.1) is 0 Å². The van der Waals surface area contributed by atoms with Crippen LogP contribution in [0.3, 0.4) is 0 Å². The van der Waals surface area contributed by atoms with Crippen molar-refractivity contribution in [1.29, 1.82) is 0 Å². The second kappa shape index (κ2) is 6.15. The van der Waals surface area contributed by atoms with Crippen LogP contribution in [0.15, 0.2) is 30.3 Å². The van der Waals surface area contributed by atoms with Crippen LogP contribution in [-0.4, -0.2) is 40.9 Å². The maximum absolute atomic E-state index is 13.3. The van der Waals surface area contributed by atoms with Crippen molar-refractivity contribution in [3.05, 3.63) is 35.9 Å². The maximum Gasteiger partial charge on any atom is 0.316 e. The number of halogens is 2. The minimum absolute atomic E-state index is 0.109. The van der Waals surface area contributed by atoms with Crippen LogP contribution in [0.4, 0.5) is 8.78 Å². The van der Waals surface area contributed by atoms with Crippen LogP contribution >= 0.6 is 0 Å². The summed E-state index contributed by atoms with van der Waals surface area (Å²) in [5, 5.41) is 9.76. The summed E-state index contributed by atoms with van der Waals surface area (Å²) in [6.07, 6.45) is 0.169. The molecule has 0 spiro atoms. The van der Waals surface area contributed by atoms with E-state index in [1.807, 2.05) is 6.07 Å². The Morgan fingerprint density at radius 1 is 1.08 bits per heavy atom. The van der Waals surface area contributed by atoms with Gasteiger partial charge < -0.3 is 10.0 Å². The predicted octanol–water partition coefficient (Wildman–Crippen LogP) is 3.07. The third-order valence-corrected chi connectivity index (χ3v) is 5.38. The van der Waals surface area contributed by atoms with Crippen molar-refractivity contribution < 1.29 is 23.5 Å². The molecule has 0 bridgehead atoms. The molecule has 1 N–H and O–H groups in total. The van der Waals surface area contributed by atoms with Gasteiger partial charge in [0.05, 0.1) is 0 Å². The van der Waals surface area contributed by atoms with Crippen molar-refractivity contribution in [2.45, 2.75) is 43.4 Å². The highest BCUT2D eigenvalue weighted by molar-refractivity contribution is 5.86. The molecule has 1 saturated heterocycles. The number of benzene rings is 1. The first-order valence-corrected chi connectivity index (χ1v) is 8.30. The smallest absolute Gasteiger partial charge is 0.316 e. The van der Waals surface area contributed by atoms with Crippen LogP contribution in [0.1, 0.15) is 37.7 Å². The van der Waals surface area contributed by atoms with Gasteiger partial charge in [0, 0.05) is 31.8 Å². The number of hydrogen-bond acceptors (Lipinski definition) is 2. The number of rotatable bonds is 3. The lowest BCUT2D eigenvalue weighted by molar-refractivity contribution is -0.144. The van der Waals surface area contributed by atoms with Crippen LogP contribution in [0.2, 0.25) is 0 Å². The molecule has 2 fully saturated rings. The first-order valence-electron chi connectivity index (χ1n) is 8.30. The Morgan fingerprint density at radius 3 is 2.29 bits per heavy atom. The minimum Gasteiger partial charge on any atom is -0.481 e. The summed E-state index contributed by atoms with van der Waals surface area (Å²) in [5.41, 5.74) is -0.418. The number of likely N-dealkylation sites (tertiary alicyclic amines) is 1. The van der Waals surface area contributed by atoms with Gasteiger partial charge in [0.25, 0.3) is 0 Å². The molecule has 1 heterocycles. The topological polar surface area (TPSA) is 57.6 Å². The molecule has 1 aromatic carbocycles. The van der Waals surface area contributed by atoms with Gasteiger partial charge in [0.1, 0.15) is 5.41 Å². The van der Waals surface area contributed by atoms with E-state index >= 15 is 0 Å². The van der Waals surface area contributed by atoms with Crippen molar-refractivity contribution in [2.24, 2.45) is 5.92 Å². The molecule has 6 heteroatoms. The van der Waals surface area contributed by atoms with Crippen LogP contribution in [-0.2, 0) is 15.0 Å². The molecule has 1 aromatic rings. The fourth-order valence-corrected chi connectivity index (χ4v) is 3.83. The van der Waals surface area contributed by atoms with Crippen molar-refractivity contribution >= 4 is 11.9 Å². The fourth-order valence-electron chi connectivity index (χ4n) is 3.83. The van der Waals surface area contributed by atoms with E-state index in [0.29, 0.717) is 18.5 Å². The Morgan fingerprint density at radius 2 is 1.71 bits per heavy atom. The molecular weight excluding hydrogens is 316 g/mol. The third kappa shape index (κ3) is 3.01. The summed E-state index contributed by atoms with van der Waals surface area (Å²) >= 11 is 0. The van der Waals surface area contributed by atoms with E-state index in [2.05, 4.69) is 0 Å². The molecule has 0 radical (unpaired) electrons. The molecule has 3 rings (SSSR count). The Bertz CT molecular complexity index is 624. The molecule has 1 atom stereocenters. The van der Waals surface area contributed by atoms with Gasteiger partial charge in [-0.2, -0.15) is 0 Å². The zero-order valence-corrected chi connectivity index (χ0v) is 13.4. The number of alkyl halides is 2. The van der Waals surface area contributed by atoms with E-state index in [4.69, 9.17) is 0 Å². The van der Waals surface area contributed by atoms with Gasteiger partial charge in [-0.05, 0) is 24.8 Å². The largest absolute Gasteiger partial charge is 0.481 e. The van der Waals surface area contributed by atoms with Crippen molar-refractivity contribution in [3.63, 3.8) is 0 Å².